The van der Waals surface area contributed by atoms with Crippen molar-refractivity contribution in [3.8, 4) is 0 Å². The largest absolute Gasteiger partial charge is 0.394 e. The standard InChI is InChI=1S/C12H22N4O/c1-8-11(13)12(16(2)15-8)14-7-9-4-3-5-10(17)6-9/h9-10,14,17H,3-7,13H2,1-2H3. The molecule has 0 amide bonds. The third-order valence-electron chi connectivity index (χ3n) is 3.58. The predicted octanol–water partition coefficient (Wildman–Crippen LogP) is 1.27. The highest BCUT2D eigenvalue weighted by molar-refractivity contribution is 5.64. The summed E-state index contributed by atoms with van der Waals surface area (Å²) in [5.74, 6) is 1.43. The number of nitrogens with one attached hydrogen (secondary N) is 1. The lowest BCUT2D eigenvalue weighted by Gasteiger charge is -2.26. The van der Waals surface area contributed by atoms with E-state index in [-0.39, 0.29) is 6.10 Å². The van der Waals surface area contributed by atoms with E-state index in [2.05, 4.69) is 10.4 Å². The van der Waals surface area contributed by atoms with Gasteiger partial charge in [0.25, 0.3) is 0 Å². The molecule has 4 N–H and O–H groups in total. The second kappa shape index (κ2) is 4.96. The Labute approximate surface area is 102 Å². The number of hydrogen-bond acceptors (Lipinski definition) is 4. The number of anilines is 2. The molecule has 2 atom stereocenters. The lowest BCUT2D eigenvalue weighted by molar-refractivity contribution is 0.104. The SMILES string of the molecule is Cc1nn(C)c(NCC2CCCC(O)C2)c1N. The first-order chi connectivity index (χ1) is 8.08. The molecular weight excluding hydrogens is 216 g/mol. The number of hydrogen-bond donors (Lipinski definition) is 3. The first kappa shape index (κ1) is 12.2. The maximum Gasteiger partial charge on any atom is 0.147 e. The summed E-state index contributed by atoms with van der Waals surface area (Å²) < 4.78 is 1.78. The third kappa shape index (κ3) is 2.72. The number of nitrogens with two attached hydrogens (primary N) is 1. The molecule has 1 fully saturated rings. The van der Waals surface area contributed by atoms with Crippen LogP contribution in [0.4, 0.5) is 11.5 Å². The fourth-order valence-electron chi connectivity index (χ4n) is 2.57. The van der Waals surface area contributed by atoms with Crippen molar-refractivity contribution in [2.45, 2.75) is 38.7 Å². The summed E-state index contributed by atoms with van der Waals surface area (Å²) in [6.07, 6.45) is 4.02. The van der Waals surface area contributed by atoms with Crippen LogP contribution in [0.2, 0.25) is 0 Å². The second-order valence-electron chi connectivity index (χ2n) is 5.04. The molecule has 1 heterocycles. The van der Waals surface area contributed by atoms with Crippen LogP contribution in [0.15, 0.2) is 0 Å². The van der Waals surface area contributed by atoms with Crippen LogP contribution in [0.3, 0.4) is 0 Å². The van der Waals surface area contributed by atoms with Crippen molar-refractivity contribution >= 4 is 11.5 Å². The fourth-order valence-corrected chi connectivity index (χ4v) is 2.57. The normalized spacial score (nSPS) is 24.9. The Hall–Kier alpha value is -1.23. The van der Waals surface area contributed by atoms with E-state index in [9.17, 15) is 5.11 Å². The molecule has 17 heavy (non-hydrogen) atoms. The van der Waals surface area contributed by atoms with Gasteiger partial charge < -0.3 is 16.2 Å². The molecule has 2 unspecified atom stereocenters. The Morgan fingerprint density at radius 1 is 1.53 bits per heavy atom. The van der Waals surface area contributed by atoms with Crippen LogP contribution in [-0.2, 0) is 7.05 Å². The smallest absolute Gasteiger partial charge is 0.147 e. The Balaban J connectivity index is 1.93. The Morgan fingerprint density at radius 2 is 2.29 bits per heavy atom. The average molecular weight is 238 g/mol. The molecule has 0 radical (unpaired) electrons. The van der Waals surface area contributed by atoms with E-state index >= 15 is 0 Å². The molecule has 0 bridgehead atoms. The summed E-state index contributed by atoms with van der Waals surface area (Å²) >= 11 is 0. The van der Waals surface area contributed by atoms with Crippen molar-refractivity contribution in [1.29, 1.82) is 0 Å². The molecule has 1 aromatic heterocycles. The highest BCUT2D eigenvalue weighted by atomic mass is 16.3. The van der Waals surface area contributed by atoms with Crippen molar-refractivity contribution in [2.75, 3.05) is 17.6 Å². The Kier molecular flexibility index (Phi) is 3.57. The van der Waals surface area contributed by atoms with E-state index in [1.54, 1.807) is 4.68 Å². The number of aliphatic hydroxyl groups is 1. The molecule has 0 aliphatic heterocycles. The van der Waals surface area contributed by atoms with Crippen LogP contribution < -0.4 is 11.1 Å². The third-order valence-corrected chi connectivity index (χ3v) is 3.58. The van der Waals surface area contributed by atoms with E-state index in [1.165, 1.54) is 6.42 Å². The molecule has 1 aliphatic carbocycles. The molecular formula is C12H22N4O. The van der Waals surface area contributed by atoms with Gasteiger partial charge in [0.1, 0.15) is 5.82 Å². The van der Waals surface area contributed by atoms with Gasteiger partial charge in [-0.05, 0) is 32.1 Å². The molecule has 5 nitrogen and oxygen atoms in total. The molecule has 1 aliphatic rings. The van der Waals surface area contributed by atoms with Crippen molar-refractivity contribution < 1.29 is 5.11 Å². The summed E-state index contributed by atoms with van der Waals surface area (Å²) in [5, 5.41) is 17.2. The van der Waals surface area contributed by atoms with Crippen LogP contribution in [0.5, 0.6) is 0 Å². The maximum atomic E-state index is 9.62. The summed E-state index contributed by atoms with van der Waals surface area (Å²) in [5.41, 5.74) is 7.54. The molecule has 2 rings (SSSR count). The Morgan fingerprint density at radius 3 is 2.88 bits per heavy atom. The van der Waals surface area contributed by atoms with Crippen LogP contribution in [0, 0.1) is 12.8 Å². The van der Waals surface area contributed by atoms with Crippen molar-refractivity contribution in [2.24, 2.45) is 13.0 Å². The van der Waals surface area contributed by atoms with Crippen molar-refractivity contribution in [3.63, 3.8) is 0 Å². The quantitative estimate of drug-likeness (QED) is 0.741. The van der Waals surface area contributed by atoms with Gasteiger partial charge in [0.15, 0.2) is 0 Å². The van der Waals surface area contributed by atoms with Gasteiger partial charge in [0.05, 0.1) is 17.5 Å². The highest BCUT2D eigenvalue weighted by Crippen LogP contribution is 2.26. The molecule has 0 aromatic carbocycles. The fraction of sp³-hybridized carbons (Fsp3) is 0.750. The zero-order chi connectivity index (χ0) is 12.4. The first-order valence-corrected chi connectivity index (χ1v) is 6.29. The molecule has 5 heteroatoms. The predicted molar refractivity (Wildman–Crippen MR) is 68.8 cm³/mol. The summed E-state index contributed by atoms with van der Waals surface area (Å²) in [6, 6.07) is 0. The Bertz CT molecular complexity index is 388. The molecule has 96 valence electrons. The van der Waals surface area contributed by atoms with Gasteiger partial charge in [-0.3, -0.25) is 4.68 Å². The second-order valence-corrected chi connectivity index (χ2v) is 5.04. The van der Waals surface area contributed by atoms with Gasteiger partial charge in [-0.15, -0.1) is 0 Å². The molecule has 1 saturated carbocycles. The van der Waals surface area contributed by atoms with Crippen LogP contribution in [-0.4, -0.2) is 27.5 Å². The van der Waals surface area contributed by atoms with Crippen molar-refractivity contribution in [1.82, 2.24) is 9.78 Å². The number of rotatable bonds is 3. The molecule has 0 spiro atoms. The number of aryl methyl sites for hydroxylation is 2. The van der Waals surface area contributed by atoms with Gasteiger partial charge in [-0.1, -0.05) is 6.42 Å². The minimum atomic E-state index is -0.124. The van der Waals surface area contributed by atoms with Gasteiger partial charge in [-0.25, -0.2) is 0 Å². The number of nitrogens with zero attached hydrogens (tertiary/aromatic N) is 2. The number of aromatic nitrogens is 2. The lowest BCUT2D eigenvalue weighted by atomic mass is 9.87. The van der Waals surface area contributed by atoms with E-state index < -0.39 is 0 Å². The lowest BCUT2D eigenvalue weighted by Crippen LogP contribution is -2.25. The zero-order valence-corrected chi connectivity index (χ0v) is 10.6. The minimum absolute atomic E-state index is 0.124. The molecule has 0 saturated heterocycles. The maximum absolute atomic E-state index is 9.62. The molecule has 1 aromatic rings. The van der Waals surface area contributed by atoms with Gasteiger partial charge in [0.2, 0.25) is 0 Å². The summed E-state index contributed by atoms with van der Waals surface area (Å²) in [7, 11) is 1.89. The number of nitrogen functional groups attached to an aromatic ring is 1. The van der Waals surface area contributed by atoms with E-state index in [1.807, 2.05) is 14.0 Å². The van der Waals surface area contributed by atoms with Crippen LogP contribution in [0.1, 0.15) is 31.4 Å². The van der Waals surface area contributed by atoms with E-state index in [0.29, 0.717) is 5.92 Å². The van der Waals surface area contributed by atoms with Gasteiger partial charge in [0, 0.05) is 13.6 Å². The summed E-state index contributed by atoms with van der Waals surface area (Å²) in [4.78, 5) is 0. The average Bonchev–Trinajstić information content (AvgIpc) is 2.51. The topological polar surface area (TPSA) is 76.1 Å². The van der Waals surface area contributed by atoms with Crippen LogP contribution >= 0.6 is 0 Å². The van der Waals surface area contributed by atoms with Crippen LogP contribution in [0.25, 0.3) is 0 Å². The summed E-state index contributed by atoms with van der Waals surface area (Å²) in [6.45, 7) is 2.77. The minimum Gasteiger partial charge on any atom is -0.394 e. The van der Waals surface area contributed by atoms with Gasteiger partial charge in [-0.2, -0.15) is 5.10 Å². The number of aliphatic hydroxyl groups excluding tert-OH is 1. The first-order valence-electron chi connectivity index (χ1n) is 6.29. The zero-order valence-electron chi connectivity index (χ0n) is 10.6. The highest BCUT2D eigenvalue weighted by Gasteiger charge is 2.20. The van der Waals surface area contributed by atoms with E-state index in [0.717, 1.165) is 43.0 Å². The monoisotopic (exact) mass is 238 g/mol. The van der Waals surface area contributed by atoms with Gasteiger partial charge >= 0.3 is 0 Å². The van der Waals surface area contributed by atoms with E-state index in [4.69, 9.17) is 5.73 Å². The van der Waals surface area contributed by atoms with Crippen molar-refractivity contribution in [3.05, 3.63) is 5.69 Å².